The van der Waals surface area contributed by atoms with Crippen LogP contribution in [0.5, 0.6) is 5.75 Å². The van der Waals surface area contributed by atoms with E-state index >= 15 is 0 Å². The molecule has 10 heteroatoms. The second-order valence-electron chi connectivity index (χ2n) is 9.69. The number of amides is 1. The van der Waals surface area contributed by atoms with E-state index < -0.39 is 0 Å². The van der Waals surface area contributed by atoms with Gasteiger partial charge in [0.2, 0.25) is 0 Å². The number of carbonyl (C=O) groups is 1. The second-order valence-corrected chi connectivity index (χ2v) is 12.2. The molecule has 0 bridgehead atoms. The standard InChI is InChI=1S/C31H25Cl2N3O3S2/c32-23-11-8-21(27(33)16-23)19-39-25-12-9-20(10-13-25)29-22(17-36(34-29)24-5-2-1-3-6-24)15-28-30(37)35(31(40)41-28)18-26-7-4-14-38-26/h1-3,5-6,8-13,15-17,26H,4,7,14,18-19H2. The fraction of sp³-hybridized carbons (Fsp3) is 0.194. The third kappa shape index (κ3) is 6.37. The number of benzene rings is 3. The van der Waals surface area contributed by atoms with Gasteiger partial charge in [-0.25, -0.2) is 4.68 Å². The molecule has 208 valence electrons. The monoisotopic (exact) mass is 621 g/mol. The van der Waals surface area contributed by atoms with Crippen LogP contribution in [0.25, 0.3) is 23.0 Å². The summed E-state index contributed by atoms with van der Waals surface area (Å²) in [4.78, 5) is 15.6. The van der Waals surface area contributed by atoms with Crippen molar-refractivity contribution in [3.63, 3.8) is 0 Å². The highest BCUT2D eigenvalue weighted by Crippen LogP contribution is 2.36. The number of carbonyl (C=O) groups excluding carboxylic acids is 1. The minimum Gasteiger partial charge on any atom is -0.489 e. The van der Waals surface area contributed by atoms with E-state index in [1.54, 1.807) is 17.0 Å². The normalized spacial score (nSPS) is 18.0. The quantitative estimate of drug-likeness (QED) is 0.148. The molecule has 2 aliphatic rings. The summed E-state index contributed by atoms with van der Waals surface area (Å²) < 4.78 is 14.1. The maximum absolute atomic E-state index is 13.3. The number of aromatic nitrogens is 2. The van der Waals surface area contributed by atoms with Crippen molar-refractivity contribution in [3.8, 4) is 22.7 Å². The lowest BCUT2D eigenvalue weighted by molar-refractivity contribution is -0.123. The number of ether oxygens (including phenoxy) is 2. The first-order valence-electron chi connectivity index (χ1n) is 13.1. The summed E-state index contributed by atoms with van der Waals surface area (Å²) in [6, 6.07) is 22.9. The van der Waals surface area contributed by atoms with Gasteiger partial charge in [0.25, 0.3) is 5.91 Å². The molecule has 41 heavy (non-hydrogen) atoms. The molecule has 1 amide bonds. The molecular formula is C31H25Cl2N3O3S2. The van der Waals surface area contributed by atoms with Gasteiger partial charge in [0.1, 0.15) is 16.7 Å². The zero-order chi connectivity index (χ0) is 28.3. The zero-order valence-electron chi connectivity index (χ0n) is 21.8. The van der Waals surface area contributed by atoms with Crippen molar-refractivity contribution in [2.24, 2.45) is 0 Å². The molecule has 4 aromatic rings. The number of nitrogens with zero attached hydrogens (tertiary/aromatic N) is 3. The largest absolute Gasteiger partial charge is 0.489 e. The van der Waals surface area contributed by atoms with Crippen LogP contribution in [0, 0.1) is 0 Å². The Morgan fingerprint density at radius 1 is 1.10 bits per heavy atom. The van der Waals surface area contributed by atoms with E-state index in [0.717, 1.165) is 47.5 Å². The molecule has 1 aromatic heterocycles. The lowest BCUT2D eigenvalue weighted by Gasteiger charge is -2.18. The van der Waals surface area contributed by atoms with E-state index in [9.17, 15) is 4.79 Å². The maximum Gasteiger partial charge on any atom is 0.266 e. The highest BCUT2D eigenvalue weighted by Gasteiger charge is 2.35. The van der Waals surface area contributed by atoms with Gasteiger partial charge in [0, 0.05) is 39.5 Å². The molecule has 2 fully saturated rings. The minimum atomic E-state index is -0.0986. The fourth-order valence-corrected chi connectivity index (χ4v) is 6.46. The molecule has 0 spiro atoms. The van der Waals surface area contributed by atoms with E-state index in [-0.39, 0.29) is 12.0 Å². The van der Waals surface area contributed by atoms with Gasteiger partial charge in [0.15, 0.2) is 0 Å². The van der Waals surface area contributed by atoms with Gasteiger partial charge in [-0.3, -0.25) is 9.69 Å². The Morgan fingerprint density at radius 2 is 1.90 bits per heavy atom. The van der Waals surface area contributed by atoms with Gasteiger partial charge in [-0.05, 0) is 67.4 Å². The van der Waals surface area contributed by atoms with Gasteiger partial charge < -0.3 is 9.47 Å². The van der Waals surface area contributed by atoms with Gasteiger partial charge >= 0.3 is 0 Å². The number of para-hydroxylation sites is 1. The van der Waals surface area contributed by atoms with Crippen molar-refractivity contribution in [1.82, 2.24) is 14.7 Å². The topological polar surface area (TPSA) is 56.6 Å². The fourth-order valence-electron chi connectivity index (χ4n) is 4.73. The van der Waals surface area contributed by atoms with Crippen molar-refractivity contribution in [2.75, 3.05) is 13.2 Å². The van der Waals surface area contributed by atoms with E-state index in [2.05, 4.69) is 0 Å². The summed E-state index contributed by atoms with van der Waals surface area (Å²) in [7, 11) is 0. The number of thioether (sulfide) groups is 1. The first kappa shape index (κ1) is 28.0. The smallest absolute Gasteiger partial charge is 0.266 e. The molecule has 2 saturated heterocycles. The third-order valence-electron chi connectivity index (χ3n) is 6.87. The Bertz CT molecular complexity index is 1620. The predicted molar refractivity (Wildman–Crippen MR) is 169 cm³/mol. The number of thiocarbonyl (C=S) groups is 1. The number of halogens is 2. The Balaban J connectivity index is 1.27. The van der Waals surface area contributed by atoms with Crippen LogP contribution < -0.4 is 4.74 Å². The molecule has 6 nitrogen and oxygen atoms in total. The molecule has 1 unspecified atom stereocenters. The second kappa shape index (κ2) is 12.4. The summed E-state index contributed by atoms with van der Waals surface area (Å²) in [6.07, 6.45) is 5.80. The van der Waals surface area contributed by atoms with E-state index in [1.807, 2.05) is 77.6 Å². The molecule has 3 aromatic carbocycles. The predicted octanol–water partition coefficient (Wildman–Crippen LogP) is 7.81. The van der Waals surface area contributed by atoms with Crippen LogP contribution in [-0.4, -0.2) is 44.2 Å². The molecule has 0 N–H and O–H groups in total. The Kier molecular flexibility index (Phi) is 8.46. The molecule has 3 heterocycles. The summed E-state index contributed by atoms with van der Waals surface area (Å²) >= 11 is 19.2. The van der Waals surface area contributed by atoms with E-state index in [1.165, 1.54) is 11.8 Å². The van der Waals surface area contributed by atoms with Gasteiger partial charge in [-0.1, -0.05) is 71.4 Å². The van der Waals surface area contributed by atoms with Crippen molar-refractivity contribution in [1.29, 1.82) is 0 Å². The summed E-state index contributed by atoms with van der Waals surface area (Å²) in [5.74, 6) is 0.595. The molecule has 0 aliphatic carbocycles. The van der Waals surface area contributed by atoms with Crippen LogP contribution in [-0.2, 0) is 16.1 Å². The average molecular weight is 623 g/mol. The molecular weight excluding hydrogens is 597 g/mol. The van der Waals surface area contributed by atoms with Crippen molar-refractivity contribution in [2.45, 2.75) is 25.6 Å². The van der Waals surface area contributed by atoms with Crippen LogP contribution in [0.3, 0.4) is 0 Å². The summed E-state index contributed by atoms with van der Waals surface area (Å²) in [5.41, 5.74) is 4.20. The van der Waals surface area contributed by atoms with E-state index in [0.29, 0.717) is 38.2 Å². The Labute approximate surface area is 257 Å². The zero-order valence-corrected chi connectivity index (χ0v) is 25.0. The molecule has 0 radical (unpaired) electrons. The highest BCUT2D eigenvalue weighted by molar-refractivity contribution is 8.26. The van der Waals surface area contributed by atoms with Crippen molar-refractivity contribution < 1.29 is 14.3 Å². The number of hydrogen-bond donors (Lipinski definition) is 0. The Morgan fingerprint density at radius 3 is 2.63 bits per heavy atom. The highest BCUT2D eigenvalue weighted by atomic mass is 35.5. The Hall–Kier alpha value is -3.14. The first-order chi connectivity index (χ1) is 19.9. The van der Waals surface area contributed by atoms with Crippen LogP contribution in [0.2, 0.25) is 10.0 Å². The average Bonchev–Trinajstić information content (AvgIpc) is 3.71. The van der Waals surface area contributed by atoms with Crippen LogP contribution in [0.1, 0.15) is 24.0 Å². The van der Waals surface area contributed by atoms with Gasteiger partial charge in [0.05, 0.1) is 28.9 Å². The lowest BCUT2D eigenvalue weighted by atomic mass is 10.1. The minimum absolute atomic E-state index is 0.0321. The third-order valence-corrected chi connectivity index (χ3v) is 8.84. The van der Waals surface area contributed by atoms with Crippen LogP contribution in [0.15, 0.2) is 83.9 Å². The van der Waals surface area contributed by atoms with Crippen LogP contribution in [0.4, 0.5) is 0 Å². The lowest BCUT2D eigenvalue weighted by Crippen LogP contribution is -2.35. The number of rotatable bonds is 8. The molecule has 2 aliphatic heterocycles. The molecule has 1 atom stereocenters. The number of hydrogen-bond acceptors (Lipinski definition) is 6. The molecule has 0 saturated carbocycles. The van der Waals surface area contributed by atoms with Gasteiger partial charge in [-0.2, -0.15) is 5.10 Å². The van der Waals surface area contributed by atoms with E-state index in [4.69, 9.17) is 50.0 Å². The molecule has 6 rings (SSSR count). The first-order valence-corrected chi connectivity index (χ1v) is 15.1. The van der Waals surface area contributed by atoms with Gasteiger partial charge in [-0.15, -0.1) is 0 Å². The van der Waals surface area contributed by atoms with Crippen molar-refractivity contribution >= 4 is 63.5 Å². The SMILES string of the molecule is O=C1C(=Cc2cn(-c3ccccc3)nc2-c2ccc(OCc3ccc(Cl)cc3Cl)cc2)SC(=S)N1CC1CCCO1. The maximum atomic E-state index is 13.3. The summed E-state index contributed by atoms with van der Waals surface area (Å²) in [5, 5.41) is 6.04. The summed E-state index contributed by atoms with van der Waals surface area (Å²) in [6.45, 7) is 1.54. The van der Waals surface area contributed by atoms with Crippen LogP contribution >= 0.6 is 47.2 Å². The van der Waals surface area contributed by atoms with Crippen molar-refractivity contribution in [3.05, 3.63) is 105 Å².